The van der Waals surface area contributed by atoms with Crippen molar-refractivity contribution in [2.75, 3.05) is 0 Å². The molecule has 1 aliphatic carbocycles. The summed E-state index contributed by atoms with van der Waals surface area (Å²) in [5.74, 6) is 2.51. The van der Waals surface area contributed by atoms with Crippen LogP contribution in [-0.2, 0) is 12.4 Å². The van der Waals surface area contributed by atoms with Crippen LogP contribution in [0, 0.1) is 12.8 Å². The quantitative estimate of drug-likeness (QED) is 0.736. The molecular weight excluding hydrogens is 244 g/mol. The fourth-order valence-corrected chi connectivity index (χ4v) is 2.90. The standard InChI is InChI=1S/C15H19ClN2/c1-11-4-2-6-13-15(11)18(14(10-16)17-13)9-3-5-12-7-8-12/h2,4,6,12H,3,5,7-10H2,1H3. The van der Waals surface area contributed by atoms with Gasteiger partial charge < -0.3 is 4.57 Å². The lowest BCUT2D eigenvalue weighted by atomic mass is 10.2. The van der Waals surface area contributed by atoms with Crippen molar-refractivity contribution in [2.24, 2.45) is 5.92 Å². The van der Waals surface area contributed by atoms with Gasteiger partial charge in [-0.1, -0.05) is 25.0 Å². The number of fused-ring (bicyclic) bond motifs is 1. The number of nitrogens with zero attached hydrogens (tertiary/aromatic N) is 2. The lowest BCUT2D eigenvalue weighted by Gasteiger charge is -2.08. The molecule has 1 heterocycles. The highest BCUT2D eigenvalue weighted by Crippen LogP contribution is 2.34. The molecule has 1 aliphatic rings. The number of benzene rings is 1. The second kappa shape index (κ2) is 4.93. The van der Waals surface area contributed by atoms with E-state index in [1.165, 1.54) is 36.8 Å². The van der Waals surface area contributed by atoms with E-state index >= 15 is 0 Å². The summed E-state index contributed by atoms with van der Waals surface area (Å²) in [6.07, 6.45) is 5.47. The Bertz CT molecular complexity index is 555. The molecule has 1 aromatic carbocycles. The van der Waals surface area contributed by atoms with Crippen LogP contribution in [0.1, 0.15) is 37.1 Å². The maximum Gasteiger partial charge on any atom is 0.124 e. The molecule has 96 valence electrons. The minimum absolute atomic E-state index is 0.498. The van der Waals surface area contributed by atoms with Gasteiger partial charge in [-0.3, -0.25) is 0 Å². The van der Waals surface area contributed by atoms with E-state index in [-0.39, 0.29) is 0 Å². The zero-order valence-corrected chi connectivity index (χ0v) is 11.6. The van der Waals surface area contributed by atoms with Crippen molar-refractivity contribution < 1.29 is 0 Å². The highest BCUT2D eigenvalue weighted by atomic mass is 35.5. The van der Waals surface area contributed by atoms with E-state index in [0.29, 0.717) is 5.88 Å². The van der Waals surface area contributed by atoms with Gasteiger partial charge in [-0.25, -0.2) is 4.98 Å². The normalized spacial score (nSPS) is 15.4. The molecule has 1 fully saturated rings. The summed E-state index contributed by atoms with van der Waals surface area (Å²) in [6, 6.07) is 6.30. The van der Waals surface area contributed by atoms with Gasteiger partial charge in [0.1, 0.15) is 5.82 Å². The molecule has 2 aromatic rings. The molecule has 0 N–H and O–H groups in total. The molecule has 0 spiro atoms. The van der Waals surface area contributed by atoms with E-state index in [1.807, 2.05) is 0 Å². The maximum atomic E-state index is 6.03. The monoisotopic (exact) mass is 262 g/mol. The molecule has 18 heavy (non-hydrogen) atoms. The van der Waals surface area contributed by atoms with Gasteiger partial charge in [-0.15, -0.1) is 11.6 Å². The molecule has 2 nitrogen and oxygen atoms in total. The average molecular weight is 263 g/mol. The van der Waals surface area contributed by atoms with Crippen LogP contribution in [0.4, 0.5) is 0 Å². The Morgan fingerprint density at radius 3 is 2.94 bits per heavy atom. The van der Waals surface area contributed by atoms with E-state index in [2.05, 4.69) is 34.7 Å². The first-order valence-electron chi connectivity index (χ1n) is 6.80. The molecule has 0 saturated heterocycles. The SMILES string of the molecule is Cc1cccc2nc(CCl)n(CCCC3CC3)c12. The molecule has 0 unspecified atom stereocenters. The number of imidazole rings is 1. The number of halogens is 1. The molecular formula is C15H19ClN2. The van der Waals surface area contributed by atoms with E-state index < -0.39 is 0 Å². The smallest absolute Gasteiger partial charge is 0.124 e. The molecule has 0 atom stereocenters. The maximum absolute atomic E-state index is 6.03. The molecule has 0 aliphatic heterocycles. The Labute approximate surface area is 113 Å². The molecule has 0 bridgehead atoms. The van der Waals surface area contributed by atoms with Crippen LogP contribution in [0.15, 0.2) is 18.2 Å². The van der Waals surface area contributed by atoms with Crippen LogP contribution in [0.2, 0.25) is 0 Å². The fourth-order valence-electron chi connectivity index (χ4n) is 2.70. The van der Waals surface area contributed by atoms with Crippen LogP contribution >= 0.6 is 11.6 Å². The third kappa shape index (κ3) is 2.26. The molecule has 3 rings (SSSR count). The van der Waals surface area contributed by atoms with Crippen molar-refractivity contribution in [3.8, 4) is 0 Å². The summed E-state index contributed by atoms with van der Waals surface area (Å²) in [5.41, 5.74) is 3.64. The van der Waals surface area contributed by atoms with Crippen molar-refractivity contribution in [2.45, 2.75) is 45.0 Å². The third-order valence-electron chi connectivity index (χ3n) is 3.86. The van der Waals surface area contributed by atoms with Crippen LogP contribution in [0.5, 0.6) is 0 Å². The van der Waals surface area contributed by atoms with Crippen LogP contribution < -0.4 is 0 Å². The first-order valence-corrected chi connectivity index (χ1v) is 7.33. The van der Waals surface area contributed by atoms with E-state index in [0.717, 1.165) is 23.8 Å². The van der Waals surface area contributed by atoms with Crippen molar-refractivity contribution >= 4 is 22.6 Å². The zero-order chi connectivity index (χ0) is 12.5. The first kappa shape index (κ1) is 12.0. The molecule has 1 saturated carbocycles. The Morgan fingerprint density at radius 2 is 2.22 bits per heavy atom. The van der Waals surface area contributed by atoms with Crippen LogP contribution in [0.3, 0.4) is 0 Å². The fraction of sp³-hybridized carbons (Fsp3) is 0.533. The first-order chi connectivity index (χ1) is 8.79. The Morgan fingerprint density at radius 1 is 1.39 bits per heavy atom. The Balaban J connectivity index is 1.90. The number of alkyl halides is 1. The minimum atomic E-state index is 0.498. The predicted octanol–water partition coefficient (Wildman–Crippen LogP) is 4.27. The van der Waals surface area contributed by atoms with Gasteiger partial charge in [-0.05, 0) is 37.3 Å². The number of aryl methyl sites for hydroxylation is 2. The van der Waals surface area contributed by atoms with Crippen molar-refractivity contribution in [3.05, 3.63) is 29.6 Å². The Kier molecular flexibility index (Phi) is 3.29. The number of para-hydroxylation sites is 1. The number of hydrogen-bond acceptors (Lipinski definition) is 1. The molecule has 0 radical (unpaired) electrons. The number of rotatable bonds is 5. The summed E-state index contributed by atoms with van der Waals surface area (Å²) in [7, 11) is 0. The summed E-state index contributed by atoms with van der Waals surface area (Å²) in [5, 5.41) is 0. The molecule has 1 aromatic heterocycles. The average Bonchev–Trinajstić information content (AvgIpc) is 3.11. The molecule has 3 heteroatoms. The second-order valence-electron chi connectivity index (χ2n) is 5.34. The lowest BCUT2D eigenvalue weighted by molar-refractivity contribution is 0.575. The summed E-state index contributed by atoms with van der Waals surface area (Å²) >= 11 is 6.03. The van der Waals surface area contributed by atoms with Crippen molar-refractivity contribution in [1.82, 2.24) is 9.55 Å². The second-order valence-corrected chi connectivity index (χ2v) is 5.61. The van der Waals surface area contributed by atoms with E-state index in [1.54, 1.807) is 0 Å². The van der Waals surface area contributed by atoms with Gasteiger partial charge in [0.25, 0.3) is 0 Å². The topological polar surface area (TPSA) is 17.8 Å². The van der Waals surface area contributed by atoms with Gasteiger partial charge in [-0.2, -0.15) is 0 Å². The van der Waals surface area contributed by atoms with Gasteiger partial charge in [0, 0.05) is 6.54 Å². The van der Waals surface area contributed by atoms with E-state index in [4.69, 9.17) is 11.6 Å². The van der Waals surface area contributed by atoms with E-state index in [9.17, 15) is 0 Å². The predicted molar refractivity (Wildman–Crippen MR) is 76.0 cm³/mol. The van der Waals surface area contributed by atoms with Crippen LogP contribution in [-0.4, -0.2) is 9.55 Å². The highest BCUT2D eigenvalue weighted by Gasteiger charge is 2.20. The third-order valence-corrected chi connectivity index (χ3v) is 4.10. The van der Waals surface area contributed by atoms with Crippen molar-refractivity contribution in [1.29, 1.82) is 0 Å². The Hall–Kier alpha value is -1.02. The summed E-state index contributed by atoms with van der Waals surface area (Å²) in [6.45, 7) is 3.21. The number of hydrogen-bond donors (Lipinski definition) is 0. The zero-order valence-electron chi connectivity index (χ0n) is 10.8. The van der Waals surface area contributed by atoms with Gasteiger partial charge in [0.05, 0.1) is 16.9 Å². The number of aromatic nitrogens is 2. The largest absolute Gasteiger partial charge is 0.327 e. The molecule has 0 amide bonds. The summed E-state index contributed by atoms with van der Waals surface area (Å²) < 4.78 is 2.32. The van der Waals surface area contributed by atoms with Gasteiger partial charge in [0.2, 0.25) is 0 Å². The van der Waals surface area contributed by atoms with Crippen LogP contribution in [0.25, 0.3) is 11.0 Å². The lowest BCUT2D eigenvalue weighted by Crippen LogP contribution is -2.03. The van der Waals surface area contributed by atoms with Gasteiger partial charge >= 0.3 is 0 Å². The highest BCUT2D eigenvalue weighted by molar-refractivity contribution is 6.16. The van der Waals surface area contributed by atoms with Crippen molar-refractivity contribution in [3.63, 3.8) is 0 Å². The summed E-state index contributed by atoms with van der Waals surface area (Å²) in [4.78, 5) is 4.64. The van der Waals surface area contributed by atoms with Gasteiger partial charge in [0.15, 0.2) is 0 Å². The minimum Gasteiger partial charge on any atom is -0.327 e.